The number of benzene rings is 2. The highest BCUT2D eigenvalue weighted by atomic mass is 35.5. The van der Waals surface area contributed by atoms with Crippen molar-refractivity contribution < 1.29 is 9.59 Å². The summed E-state index contributed by atoms with van der Waals surface area (Å²) in [5.41, 5.74) is 1.78. The van der Waals surface area contributed by atoms with E-state index in [2.05, 4.69) is 10.2 Å². The van der Waals surface area contributed by atoms with Gasteiger partial charge < -0.3 is 5.32 Å². The first-order chi connectivity index (χ1) is 14.0. The molecule has 0 aliphatic carbocycles. The summed E-state index contributed by atoms with van der Waals surface area (Å²) in [4.78, 5) is 26.9. The molecule has 3 rings (SSSR count). The van der Waals surface area contributed by atoms with E-state index in [1.165, 1.54) is 0 Å². The standard InChI is InChI=1S/C23H26Cl2N2O2/c24-19-13-12-17(15-20(19)25)16-27-14-5-4-10-22(27)26-23(29)11-6-9-21(28)18-7-2-1-3-8-18/h1-3,7-8,12-13,15,22H,4-6,9-11,14,16H2,(H,26,29). The molecule has 0 saturated carbocycles. The van der Waals surface area contributed by atoms with Crippen LogP contribution in [0.4, 0.5) is 0 Å². The van der Waals surface area contributed by atoms with Gasteiger partial charge in [0.15, 0.2) is 5.78 Å². The van der Waals surface area contributed by atoms with Crippen LogP contribution in [-0.2, 0) is 11.3 Å². The minimum absolute atomic E-state index is 0.00287. The van der Waals surface area contributed by atoms with E-state index in [1.54, 1.807) is 6.07 Å². The first-order valence-corrected chi connectivity index (χ1v) is 10.8. The average molecular weight is 433 g/mol. The van der Waals surface area contributed by atoms with Gasteiger partial charge in [-0.2, -0.15) is 0 Å². The van der Waals surface area contributed by atoms with Crippen LogP contribution in [0.1, 0.15) is 54.4 Å². The van der Waals surface area contributed by atoms with Gasteiger partial charge in [-0.15, -0.1) is 0 Å². The molecule has 154 valence electrons. The molecular weight excluding hydrogens is 407 g/mol. The lowest BCUT2D eigenvalue weighted by atomic mass is 10.0. The van der Waals surface area contributed by atoms with Crippen molar-refractivity contribution in [3.05, 3.63) is 69.7 Å². The van der Waals surface area contributed by atoms with Crippen molar-refractivity contribution in [2.24, 2.45) is 0 Å². The first-order valence-electron chi connectivity index (χ1n) is 10.1. The van der Waals surface area contributed by atoms with E-state index >= 15 is 0 Å². The predicted octanol–water partition coefficient (Wildman–Crippen LogP) is 5.47. The molecule has 0 bridgehead atoms. The van der Waals surface area contributed by atoms with E-state index in [1.807, 2.05) is 42.5 Å². The molecule has 1 saturated heterocycles. The molecule has 1 fully saturated rings. The maximum Gasteiger partial charge on any atom is 0.221 e. The zero-order valence-corrected chi connectivity index (χ0v) is 17.9. The number of hydrogen-bond donors (Lipinski definition) is 1. The largest absolute Gasteiger partial charge is 0.341 e. The molecule has 0 aromatic heterocycles. The van der Waals surface area contributed by atoms with Crippen LogP contribution >= 0.6 is 23.2 Å². The zero-order chi connectivity index (χ0) is 20.6. The van der Waals surface area contributed by atoms with E-state index < -0.39 is 0 Å². The van der Waals surface area contributed by atoms with Gasteiger partial charge >= 0.3 is 0 Å². The Morgan fingerprint density at radius 2 is 1.79 bits per heavy atom. The smallest absolute Gasteiger partial charge is 0.221 e. The molecule has 1 unspecified atom stereocenters. The number of rotatable bonds is 8. The van der Waals surface area contributed by atoms with Crippen molar-refractivity contribution in [2.75, 3.05) is 6.54 Å². The highest BCUT2D eigenvalue weighted by molar-refractivity contribution is 6.42. The summed E-state index contributed by atoms with van der Waals surface area (Å²) in [7, 11) is 0. The summed E-state index contributed by atoms with van der Waals surface area (Å²) in [6.45, 7) is 1.64. The number of nitrogens with one attached hydrogen (secondary N) is 1. The van der Waals surface area contributed by atoms with Crippen LogP contribution < -0.4 is 5.32 Å². The molecular formula is C23H26Cl2N2O2. The molecule has 1 aliphatic heterocycles. The van der Waals surface area contributed by atoms with Crippen LogP contribution in [0, 0.1) is 0 Å². The third-order valence-electron chi connectivity index (χ3n) is 5.21. The second-order valence-corrected chi connectivity index (χ2v) is 8.26. The van der Waals surface area contributed by atoms with Crippen LogP contribution in [0.2, 0.25) is 10.0 Å². The Kier molecular flexibility index (Phi) is 8.10. The van der Waals surface area contributed by atoms with Crippen LogP contribution in [0.5, 0.6) is 0 Å². The van der Waals surface area contributed by atoms with Gasteiger partial charge in [0.1, 0.15) is 0 Å². The number of carbonyl (C=O) groups is 2. The van der Waals surface area contributed by atoms with E-state index in [4.69, 9.17) is 23.2 Å². The summed E-state index contributed by atoms with van der Waals surface area (Å²) in [5.74, 6) is 0.0780. The van der Waals surface area contributed by atoms with Gasteiger partial charge in [-0.1, -0.05) is 59.6 Å². The Morgan fingerprint density at radius 3 is 2.55 bits per heavy atom. The van der Waals surface area contributed by atoms with Gasteiger partial charge in [-0.05, 0) is 43.4 Å². The topological polar surface area (TPSA) is 49.4 Å². The second kappa shape index (κ2) is 10.8. The van der Waals surface area contributed by atoms with Crippen molar-refractivity contribution in [2.45, 2.75) is 51.2 Å². The normalized spacial score (nSPS) is 17.1. The number of halogens is 2. The van der Waals surface area contributed by atoms with Gasteiger partial charge in [-0.25, -0.2) is 0 Å². The highest BCUT2D eigenvalue weighted by Gasteiger charge is 2.24. The second-order valence-electron chi connectivity index (χ2n) is 7.44. The molecule has 1 aliphatic rings. The van der Waals surface area contributed by atoms with Crippen LogP contribution in [-0.4, -0.2) is 29.3 Å². The van der Waals surface area contributed by atoms with Crippen LogP contribution in [0.3, 0.4) is 0 Å². The predicted molar refractivity (Wildman–Crippen MR) is 117 cm³/mol. The van der Waals surface area contributed by atoms with Crippen LogP contribution in [0.25, 0.3) is 0 Å². The quantitative estimate of drug-likeness (QED) is 0.562. The SMILES string of the molecule is O=C(CCCC(=O)c1ccccc1)NC1CCCCN1Cc1ccc(Cl)c(Cl)c1. The molecule has 1 amide bonds. The molecule has 0 radical (unpaired) electrons. The van der Waals surface area contributed by atoms with Gasteiger partial charge in [0, 0.05) is 31.5 Å². The fourth-order valence-corrected chi connectivity index (χ4v) is 3.97. The molecule has 2 aromatic rings. The van der Waals surface area contributed by atoms with E-state index in [0.29, 0.717) is 41.4 Å². The average Bonchev–Trinajstić information content (AvgIpc) is 2.73. The Bertz CT molecular complexity index is 842. The Morgan fingerprint density at radius 1 is 1.00 bits per heavy atom. The third-order valence-corrected chi connectivity index (χ3v) is 5.95. The minimum Gasteiger partial charge on any atom is -0.341 e. The van der Waals surface area contributed by atoms with E-state index in [9.17, 15) is 9.59 Å². The number of carbonyl (C=O) groups excluding carboxylic acids is 2. The summed E-state index contributed by atoms with van der Waals surface area (Å²) in [6.07, 6.45) is 4.43. The third kappa shape index (κ3) is 6.56. The highest BCUT2D eigenvalue weighted by Crippen LogP contribution is 2.25. The number of likely N-dealkylation sites (tertiary alicyclic amines) is 1. The Balaban J connectivity index is 1.48. The minimum atomic E-state index is -0.00287. The van der Waals surface area contributed by atoms with Gasteiger partial charge in [-0.3, -0.25) is 14.5 Å². The summed E-state index contributed by atoms with van der Waals surface area (Å²) < 4.78 is 0. The lowest BCUT2D eigenvalue weighted by Crippen LogP contribution is -2.50. The maximum atomic E-state index is 12.4. The molecule has 1 heterocycles. The van der Waals surface area contributed by atoms with Gasteiger partial charge in [0.25, 0.3) is 0 Å². The fourth-order valence-electron chi connectivity index (χ4n) is 3.65. The first kappa shape index (κ1) is 21.8. The van der Waals surface area contributed by atoms with E-state index in [-0.39, 0.29) is 17.9 Å². The molecule has 4 nitrogen and oxygen atoms in total. The molecule has 1 atom stereocenters. The van der Waals surface area contributed by atoms with Crippen molar-refractivity contribution in [1.29, 1.82) is 0 Å². The zero-order valence-electron chi connectivity index (χ0n) is 16.4. The van der Waals surface area contributed by atoms with Crippen molar-refractivity contribution in [3.63, 3.8) is 0 Å². The molecule has 1 N–H and O–H groups in total. The molecule has 2 aromatic carbocycles. The summed E-state index contributed by atoms with van der Waals surface area (Å²) in [6, 6.07) is 14.9. The molecule has 29 heavy (non-hydrogen) atoms. The maximum absolute atomic E-state index is 12.4. The fraction of sp³-hybridized carbons (Fsp3) is 0.391. The Hall–Kier alpha value is -1.88. The number of Topliss-reactive ketones (excluding diaryl/α,β-unsaturated/α-hetero) is 1. The number of piperidine rings is 1. The summed E-state index contributed by atoms with van der Waals surface area (Å²) >= 11 is 12.1. The Labute approximate surface area is 182 Å². The van der Waals surface area contributed by atoms with Crippen LogP contribution in [0.15, 0.2) is 48.5 Å². The number of hydrogen-bond acceptors (Lipinski definition) is 3. The molecule has 0 spiro atoms. The van der Waals surface area contributed by atoms with Gasteiger partial charge in [0.05, 0.1) is 16.2 Å². The van der Waals surface area contributed by atoms with Crippen molar-refractivity contribution >= 4 is 34.9 Å². The lowest BCUT2D eigenvalue weighted by molar-refractivity contribution is -0.123. The number of nitrogens with zero attached hydrogens (tertiary/aromatic N) is 1. The lowest BCUT2D eigenvalue weighted by Gasteiger charge is -2.36. The van der Waals surface area contributed by atoms with Gasteiger partial charge in [0.2, 0.25) is 5.91 Å². The monoisotopic (exact) mass is 432 g/mol. The number of ketones is 1. The summed E-state index contributed by atoms with van der Waals surface area (Å²) in [5, 5.41) is 4.24. The number of amides is 1. The van der Waals surface area contributed by atoms with E-state index in [0.717, 1.165) is 31.4 Å². The van der Waals surface area contributed by atoms with Crippen molar-refractivity contribution in [1.82, 2.24) is 10.2 Å². The molecule has 6 heteroatoms. The van der Waals surface area contributed by atoms with Crippen molar-refractivity contribution in [3.8, 4) is 0 Å².